The highest BCUT2D eigenvalue weighted by Gasteiger charge is 2.14. The van der Waals surface area contributed by atoms with Crippen LogP contribution in [0.3, 0.4) is 0 Å². The normalized spacial score (nSPS) is 19.4. The second-order valence-corrected chi connectivity index (χ2v) is 5.48. The largest absolute Gasteiger partial charge is 0.301 e. The van der Waals surface area contributed by atoms with E-state index < -0.39 is 0 Å². The molecule has 1 aliphatic rings. The fraction of sp³-hybridized carbons (Fsp3) is 0.750. The number of nitrogens with zero attached hydrogens (tertiary/aromatic N) is 4. The van der Waals surface area contributed by atoms with E-state index in [-0.39, 0.29) is 0 Å². The smallest absolute Gasteiger partial charge is 0.0534 e. The number of alkyl halides is 1. The monoisotopic (exact) mass is 300 g/mol. The fourth-order valence-electron chi connectivity index (χ4n) is 2.34. The van der Waals surface area contributed by atoms with E-state index in [0.717, 1.165) is 11.9 Å². The molecule has 0 aromatic carbocycles. The molecule has 96 valence electrons. The summed E-state index contributed by atoms with van der Waals surface area (Å²) in [6, 6.07) is 0. The molecule has 0 atom stereocenters. The number of halogens is 1. The summed E-state index contributed by atoms with van der Waals surface area (Å²) < 4.78 is 1.88. The number of aryl methyl sites for hydroxylation is 1. The van der Waals surface area contributed by atoms with Crippen molar-refractivity contribution in [3.8, 4) is 0 Å². The molecule has 5 heteroatoms. The molecule has 2 heterocycles. The predicted molar refractivity (Wildman–Crippen MR) is 73.3 cm³/mol. The molecule has 1 aromatic heterocycles. The van der Waals surface area contributed by atoms with E-state index >= 15 is 0 Å². The Labute approximate surface area is 112 Å². The third kappa shape index (κ3) is 4.08. The molecule has 1 aliphatic heterocycles. The van der Waals surface area contributed by atoms with Gasteiger partial charge in [-0.05, 0) is 19.5 Å². The lowest BCUT2D eigenvalue weighted by atomic mass is 10.3. The van der Waals surface area contributed by atoms with E-state index in [2.05, 4.69) is 37.0 Å². The molecule has 2 rings (SSSR count). The Morgan fingerprint density at radius 3 is 2.71 bits per heavy atom. The van der Waals surface area contributed by atoms with Crippen LogP contribution in [0.5, 0.6) is 0 Å². The zero-order valence-electron chi connectivity index (χ0n) is 10.5. The van der Waals surface area contributed by atoms with E-state index in [1.54, 1.807) is 0 Å². The molecule has 0 amide bonds. The van der Waals surface area contributed by atoms with Gasteiger partial charge in [0, 0.05) is 50.3 Å². The summed E-state index contributed by atoms with van der Waals surface area (Å²) in [6.07, 6.45) is 5.36. The first-order chi connectivity index (χ1) is 8.28. The maximum absolute atomic E-state index is 4.22. The summed E-state index contributed by atoms with van der Waals surface area (Å²) >= 11 is 3.52. The van der Waals surface area contributed by atoms with Gasteiger partial charge in [0.15, 0.2) is 0 Å². The van der Waals surface area contributed by atoms with Gasteiger partial charge in [0.2, 0.25) is 0 Å². The van der Waals surface area contributed by atoms with Crippen LogP contribution in [-0.4, -0.2) is 57.6 Å². The molecule has 1 fully saturated rings. The molecule has 0 spiro atoms. The molecule has 1 saturated heterocycles. The van der Waals surface area contributed by atoms with E-state index in [9.17, 15) is 0 Å². The van der Waals surface area contributed by atoms with Gasteiger partial charge >= 0.3 is 0 Å². The van der Waals surface area contributed by atoms with Gasteiger partial charge in [0.25, 0.3) is 0 Å². The summed E-state index contributed by atoms with van der Waals surface area (Å²) in [4.78, 5) is 5.07. The number of hydrogen-bond donors (Lipinski definition) is 0. The quantitative estimate of drug-likeness (QED) is 0.784. The zero-order valence-corrected chi connectivity index (χ0v) is 12.1. The van der Waals surface area contributed by atoms with Gasteiger partial charge in [0.05, 0.1) is 6.20 Å². The summed E-state index contributed by atoms with van der Waals surface area (Å²) in [5, 5.41) is 5.30. The molecule has 0 bridgehead atoms. The van der Waals surface area contributed by atoms with Crippen LogP contribution in [0.2, 0.25) is 0 Å². The lowest BCUT2D eigenvalue weighted by molar-refractivity contribution is 0.258. The van der Waals surface area contributed by atoms with Gasteiger partial charge in [-0.25, -0.2) is 0 Å². The molecule has 0 unspecified atom stereocenters. The summed E-state index contributed by atoms with van der Waals surface area (Å²) in [5.74, 6) is 0. The van der Waals surface area contributed by atoms with Crippen molar-refractivity contribution < 1.29 is 0 Å². The van der Waals surface area contributed by atoms with E-state index in [4.69, 9.17) is 0 Å². The third-order valence-electron chi connectivity index (χ3n) is 3.25. The van der Waals surface area contributed by atoms with Gasteiger partial charge in [-0.15, -0.1) is 0 Å². The van der Waals surface area contributed by atoms with Crippen LogP contribution in [0.1, 0.15) is 12.0 Å². The van der Waals surface area contributed by atoms with E-state index in [1.165, 1.54) is 44.7 Å². The molecule has 0 radical (unpaired) electrons. The standard InChI is InChI=1S/C12H21BrN4/c1-15-10-12(9-14-15)11-17-5-2-4-16(6-3-13)7-8-17/h9-10H,2-8,11H2,1H3. The highest BCUT2D eigenvalue weighted by Crippen LogP contribution is 2.08. The van der Waals surface area contributed by atoms with Crippen molar-refractivity contribution in [3.63, 3.8) is 0 Å². The van der Waals surface area contributed by atoms with Crippen LogP contribution in [0.25, 0.3) is 0 Å². The van der Waals surface area contributed by atoms with Crippen LogP contribution in [-0.2, 0) is 13.6 Å². The maximum Gasteiger partial charge on any atom is 0.0534 e. The zero-order chi connectivity index (χ0) is 12.1. The Bertz CT molecular complexity index is 339. The SMILES string of the molecule is Cn1cc(CN2CCCN(CCBr)CC2)cn1. The minimum atomic E-state index is 1.04. The molecule has 0 saturated carbocycles. The lowest BCUT2D eigenvalue weighted by Gasteiger charge is -2.20. The van der Waals surface area contributed by atoms with E-state index in [1.807, 2.05) is 17.9 Å². The van der Waals surface area contributed by atoms with E-state index in [0.29, 0.717) is 0 Å². The molecule has 17 heavy (non-hydrogen) atoms. The van der Waals surface area contributed by atoms with Crippen LogP contribution in [0.4, 0.5) is 0 Å². The molecule has 0 aliphatic carbocycles. The van der Waals surface area contributed by atoms with Gasteiger partial charge in [0.1, 0.15) is 0 Å². The molecule has 4 nitrogen and oxygen atoms in total. The van der Waals surface area contributed by atoms with Crippen LogP contribution in [0.15, 0.2) is 12.4 Å². The Morgan fingerprint density at radius 1 is 1.24 bits per heavy atom. The van der Waals surface area contributed by atoms with Crippen molar-refractivity contribution >= 4 is 15.9 Å². The van der Waals surface area contributed by atoms with Crippen LogP contribution < -0.4 is 0 Å². The first-order valence-corrected chi connectivity index (χ1v) is 7.38. The van der Waals surface area contributed by atoms with Crippen LogP contribution in [0, 0.1) is 0 Å². The molecular formula is C12H21BrN4. The Morgan fingerprint density at radius 2 is 2.00 bits per heavy atom. The number of rotatable bonds is 4. The first kappa shape index (κ1) is 13.1. The minimum absolute atomic E-state index is 1.04. The third-order valence-corrected chi connectivity index (χ3v) is 3.60. The van der Waals surface area contributed by atoms with Crippen molar-refractivity contribution in [2.24, 2.45) is 7.05 Å². The summed E-state index contributed by atoms with van der Waals surface area (Å²) in [7, 11) is 1.98. The van der Waals surface area contributed by atoms with Gasteiger partial charge in [-0.3, -0.25) is 9.58 Å². The number of hydrogen-bond acceptors (Lipinski definition) is 3. The van der Waals surface area contributed by atoms with Crippen LogP contribution >= 0.6 is 15.9 Å². The Kier molecular flexibility index (Phi) is 5.00. The number of aromatic nitrogens is 2. The van der Waals surface area contributed by atoms with Crippen molar-refractivity contribution in [2.45, 2.75) is 13.0 Å². The topological polar surface area (TPSA) is 24.3 Å². The highest BCUT2D eigenvalue weighted by atomic mass is 79.9. The van der Waals surface area contributed by atoms with Gasteiger partial charge in [-0.2, -0.15) is 5.10 Å². The Balaban J connectivity index is 1.82. The molecule has 0 N–H and O–H groups in total. The van der Waals surface area contributed by atoms with Gasteiger partial charge in [-0.1, -0.05) is 15.9 Å². The minimum Gasteiger partial charge on any atom is -0.301 e. The average molecular weight is 301 g/mol. The Hall–Kier alpha value is -0.390. The lowest BCUT2D eigenvalue weighted by Crippen LogP contribution is -2.31. The summed E-state index contributed by atoms with van der Waals surface area (Å²) in [5.41, 5.74) is 1.32. The second-order valence-electron chi connectivity index (χ2n) is 4.68. The molecule has 1 aromatic rings. The highest BCUT2D eigenvalue weighted by molar-refractivity contribution is 9.09. The van der Waals surface area contributed by atoms with Gasteiger partial charge < -0.3 is 4.90 Å². The fourth-order valence-corrected chi connectivity index (χ4v) is 2.84. The van der Waals surface area contributed by atoms with Crippen molar-refractivity contribution in [2.75, 3.05) is 38.1 Å². The second kappa shape index (κ2) is 6.52. The predicted octanol–water partition coefficient (Wildman–Crippen LogP) is 1.32. The van der Waals surface area contributed by atoms with Crippen molar-refractivity contribution in [1.82, 2.24) is 19.6 Å². The van der Waals surface area contributed by atoms with Crippen molar-refractivity contribution in [3.05, 3.63) is 18.0 Å². The maximum atomic E-state index is 4.22. The van der Waals surface area contributed by atoms with Crippen molar-refractivity contribution in [1.29, 1.82) is 0 Å². The average Bonchev–Trinajstić information content (AvgIpc) is 2.58. The first-order valence-electron chi connectivity index (χ1n) is 6.26. The summed E-state index contributed by atoms with van der Waals surface area (Å²) in [6.45, 7) is 6.99. The molecular weight excluding hydrogens is 280 g/mol.